The lowest BCUT2D eigenvalue weighted by atomic mass is 9.93. The molecule has 0 aliphatic carbocycles. The molecule has 47 heavy (non-hydrogen) atoms. The molecule has 4 saturated heterocycles. The van der Waals surface area contributed by atoms with Crippen LogP contribution in [0, 0.1) is 11.6 Å². The van der Waals surface area contributed by atoms with Crippen molar-refractivity contribution in [1.82, 2.24) is 25.2 Å². The Morgan fingerprint density at radius 3 is 2.91 bits per heavy atom. The number of hydrogen-bond acceptors (Lipinski definition) is 10. The Labute approximate surface area is 271 Å². The number of phenols is 1. The number of fused-ring (bicyclic) bond motifs is 9. The van der Waals surface area contributed by atoms with Crippen molar-refractivity contribution in [3.8, 4) is 23.0 Å². The minimum atomic E-state index is -0.715. The van der Waals surface area contributed by atoms with Crippen molar-refractivity contribution in [2.75, 3.05) is 57.5 Å². The van der Waals surface area contributed by atoms with Crippen LogP contribution in [-0.2, 0) is 9.47 Å². The van der Waals surface area contributed by atoms with Crippen molar-refractivity contribution in [3.63, 3.8) is 0 Å². The van der Waals surface area contributed by atoms with Crippen LogP contribution in [0.1, 0.15) is 38.5 Å². The normalized spacial score (nSPS) is 29.6. The van der Waals surface area contributed by atoms with Gasteiger partial charge >= 0.3 is 6.01 Å². The van der Waals surface area contributed by atoms with Crippen molar-refractivity contribution in [3.05, 3.63) is 48.2 Å². The van der Waals surface area contributed by atoms with Crippen LogP contribution in [0.15, 0.2) is 36.5 Å². The molecule has 5 aliphatic heterocycles. The third-order valence-electron chi connectivity index (χ3n) is 11.1. The minimum Gasteiger partial charge on any atom is -0.508 e. The van der Waals surface area contributed by atoms with Gasteiger partial charge in [-0.2, -0.15) is 9.97 Å². The number of ether oxygens (including phenoxy) is 3. The summed E-state index contributed by atoms with van der Waals surface area (Å²) in [6, 6.07) is 7.72. The van der Waals surface area contributed by atoms with Crippen LogP contribution in [0.25, 0.3) is 32.9 Å². The maximum absolute atomic E-state index is 16.9. The third kappa shape index (κ3) is 4.99. The maximum atomic E-state index is 16.9. The van der Waals surface area contributed by atoms with Crippen molar-refractivity contribution in [2.45, 2.75) is 61.7 Å². The van der Waals surface area contributed by atoms with E-state index in [4.69, 9.17) is 19.2 Å². The largest absolute Gasteiger partial charge is 0.508 e. The van der Waals surface area contributed by atoms with Gasteiger partial charge in [0.05, 0.1) is 30.2 Å². The van der Waals surface area contributed by atoms with E-state index in [1.807, 2.05) is 0 Å². The number of halogens is 2. The molecule has 7 heterocycles. The Hall–Kier alpha value is -3.71. The summed E-state index contributed by atoms with van der Waals surface area (Å²) >= 11 is 0. The number of nitrogens with zero attached hydrogens (tertiary/aromatic N) is 5. The molecule has 2 aromatic heterocycles. The number of benzene rings is 2. The summed E-state index contributed by atoms with van der Waals surface area (Å²) in [5, 5.41) is 15.4. The molecular weight excluding hydrogens is 606 g/mol. The number of aromatic hydroxyl groups is 1. The predicted molar refractivity (Wildman–Crippen MR) is 172 cm³/mol. The van der Waals surface area contributed by atoms with Crippen LogP contribution in [0.4, 0.5) is 14.6 Å². The van der Waals surface area contributed by atoms with Gasteiger partial charge in [-0.1, -0.05) is 12.1 Å². The van der Waals surface area contributed by atoms with Crippen molar-refractivity contribution in [2.24, 2.45) is 0 Å². The van der Waals surface area contributed by atoms with Crippen LogP contribution in [0.5, 0.6) is 11.8 Å². The van der Waals surface area contributed by atoms with Gasteiger partial charge in [-0.05, 0) is 68.7 Å². The van der Waals surface area contributed by atoms with Gasteiger partial charge in [0.1, 0.15) is 35.2 Å². The first kappa shape index (κ1) is 29.4. The van der Waals surface area contributed by atoms with E-state index in [9.17, 15) is 5.11 Å². The van der Waals surface area contributed by atoms with Crippen LogP contribution < -0.4 is 15.0 Å². The molecule has 2 spiro atoms. The van der Waals surface area contributed by atoms with Gasteiger partial charge in [0.2, 0.25) is 0 Å². The summed E-state index contributed by atoms with van der Waals surface area (Å²) in [6.07, 6.45) is 7.42. The van der Waals surface area contributed by atoms with E-state index in [0.29, 0.717) is 56.1 Å². The molecule has 0 unspecified atom stereocenters. The quantitative estimate of drug-likeness (QED) is 0.307. The zero-order valence-corrected chi connectivity index (χ0v) is 26.2. The van der Waals surface area contributed by atoms with Gasteiger partial charge in [-0.15, -0.1) is 0 Å². The summed E-state index contributed by atoms with van der Waals surface area (Å²) < 4.78 is 50.8. The third-order valence-corrected chi connectivity index (χ3v) is 11.1. The summed E-state index contributed by atoms with van der Waals surface area (Å²) in [5.41, 5.74) is -0.249. The molecule has 10 nitrogen and oxygen atoms in total. The summed E-state index contributed by atoms with van der Waals surface area (Å²) in [7, 11) is 0. The molecule has 7 bridgehead atoms. The topological polar surface area (TPSA) is 105 Å². The Balaban J connectivity index is 1.19. The van der Waals surface area contributed by atoms with Gasteiger partial charge < -0.3 is 29.5 Å². The molecule has 12 heteroatoms. The Morgan fingerprint density at radius 1 is 1.04 bits per heavy atom. The molecule has 2 aromatic carbocycles. The molecular formula is C35H38F2N6O4. The van der Waals surface area contributed by atoms with Crippen molar-refractivity contribution in [1.29, 1.82) is 0 Å². The molecule has 2 N–H and O–H groups in total. The second-order valence-corrected chi connectivity index (χ2v) is 14.0. The van der Waals surface area contributed by atoms with E-state index < -0.39 is 11.6 Å². The average Bonchev–Trinajstić information content (AvgIpc) is 3.70. The number of pyridine rings is 1. The molecule has 5 aliphatic rings. The lowest BCUT2D eigenvalue weighted by Crippen LogP contribution is -2.60. The second kappa shape index (κ2) is 11.2. The van der Waals surface area contributed by atoms with Crippen molar-refractivity contribution < 1.29 is 28.1 Å². The van der Waals surface area contributed by atoms with Crippen LogP contribution in [0.3, 0.4) is 0 Å². The monoisotopic (exact) mass is 644 g/mol. The highest BCUT2D eigenvalue weighted by Gasteiger charge is 2.50. The SMILES string of the molecule is Oc1cc(-c2ncc3c4nc(nc3c2F)OC[C@]23CCCN2C[C@@H](C3)OCCOCC[C@@]23CC[C@@H](CN4C2)N3)c2c(F)cccc2c1. The lowest BCUT2D eigenvalue weighted by molar-refractivity contribution is 0.00327. The smallest absolute Gasteiger partial charge is 0.319 e. The van der Waals surface area contributed by atoms with Gasteiger partial charge in [0, 0.05) is 55.0 Å². The lowest BCUT2D eigenvalue weighted by Gasteiger charge is -2.42. The molecule has 9 rings (SSSR count). The first-order chi connectivity index (χ1) is 22.9. The zero-order valence-electron chi connectivity index (χ0n) is 26.2. The summed E-state index contributed by atoms with van der Waals surface area (Å²) in [4.78, 5) is 18.8. The minimum absolute atomic E-state index is 0.0532. The number of nitrogens with one attached hydrogen (secondary N) is 1. The predicted octanol–water partition coefficient (Wildman–Crippen LogP) is 4.56. The van der Waals surface area contributed by atoms with E-state index in [1.165, 1.54) is 18.2 Å². The maximum Gasteiger partial charge on any atom is 0.319 e. The highest BCUT2D eigenvalue weighted by molar-refractivity contribution is 6.00. The molecule has 0 saturated carbocycles. The van der Waals surface area contributed by atoms with Crippen molar-refractivity contribution >= 4 is 27.5 Å². The molecule has 0 amide bonds. The first-order valence-electron chi connectivity index (χ1n) is 16.8. The number of aromatic nitrogens is 3. The number of piperazine rings is 1. The highest BCUT2D eigenvalue weighted by atomic mass is 19.1. The summed E-state index contributed by atoms with van der Waals surface area (Å²) in [5.74, 6) is -0.778. The fraction of sp³-hybridized carbons (Fsp3) is 0.514. The standard InChI is InChI=1S/C35H38F2N6O4/c36-27-4-1-3-21-13-23(44)14-25(28(21)27)30-29(37)31-26(16-38-30)32-40-33(39-31)47-20-35-6-2-9-43(35)18-24(15-35)46-12-11-45-10-8-34-7-5-22(41-34)17-42(32)19-34/h1,3-4,13-14,16,22,24,41,44H,2,5-12,15,17-20H2/t22-,24+,34-,35+/m0/s1. The van der Waals surface area contributed by atoms with E-state index in [2.05, 4.69) is 25.1 Å². The van der Waals surface area contributed by atoms with Gasteiger partial charge in [0.15, 0.2) is 5.82 Å². The first-order valence-corrected chi connectivity index (χ1v) is 16.8. The Morgan fingerprint density at radius 2 is 1.98 bits per heavy atom. The molecule has 4 fully saturated rings. The fourth-order valence-electron chi connectivity index (χ4n) is 8.91. The van der Waals surface area contributed by atoms with E-state index in [1.54, 1.807) is 18.3 Å². The summed E-state index contributed by atoms with van der Waals surface area (Å²) in [6.45, 7) is 5.29. The number of rotatable bonds is 1. The van der Waals surface area contributed by atoms with E-state index in [-0.39, 0.29) is 57.1 Å². The average molecular weight is 645 g/mol. The van der Waals surface area contributed by atoms with E-state index in [0.717, 1.165) is 51.6 Å². The molecule has 4 aromatic rings. The Bertz CT molecular complexity index is 1880. The van der Waals surface area contributed by atoms with Crippen LogP contribution in [-0.4, -0.2) is 101 Å². The molecule has 4 atom stereocenters. The van der Waals surface area contributed by atoms with Gasteiger partial charge in [-0.25, -0.2) is 8.78 Å². The van der Waals surface area contributed by atoms with Gasteiger partial charge in [-0.3, -0.25) is 9.88 Å². The zero-order chi connectivity index (χ0) is 31.8. The number of hydrogen-bond donors (Lipinski definition) is 2. The van der Waals surface area contributed by atoms with Crippen LogP contribution in [0.2, 0.25) is 0 Å². The fourth-order valence-corrected chi connectivity index (χ4v) is 8.91. The highest BCUT2D eigenvalue weighted by Crippen LogP contribution is 2.42. The molecule has 246 valence electrons. The Kier molecular flexibility index (Phi) is 7.00. The number of phenolic OH excluding ortho intramolecular Hbond substituents is 1. The van der Waals surface area contributed by atoms with Crippen LogP contribution >= 0.6 is 0 Å². The van der Waals surface area contributed by atoms with Gasteiger partial charge in [0.25, 0.3) is 0 Å². The molecule has 0 radical (unpaired) electrons. The second-order valence-electron chi connectivity index (χ2n) is 14.0. The number of anilines is 1. The van der Waals surface area contributed by atoms with E-state index >= 15 is 8.78 Å².